The molecule has 55 heavy (non-hydrogen) atoms. The van der Waals surface area contributed by atoms with Crippen LogP contribution in [0.5, 0.6) is 0 Å². The molecule has 0 aliphatic carbocycles. The van der Waals surface area contributed by atoms with Crippen molar-refractivity contribution in [2.75, 3.05) is 51.2 Å². The van der Waals surface area contributed by atoms with E-state index in [1.54, 1.807) is 24.0 Å². The van der Waals surface area contributed by atoms with Crippen LogP contribution >= 0.6 is 11.6 Å². The number of hydrogen-bond donors (Lipinski definition) is 2. The number of halogens is 3. The smallest absolute Gasteiger partial charge is 0.291 e. The van der Waals surface area contributed by atoms with Crippen LogP contribution in [0.2, 0.25) is 23.2 Å². The summed E-state index contributed by atoms with van der Waals surface area (Å²) in [6.45, 7) is 16.7. The molecule has 3 amide bonds. The second-order valence-electron chi connectivity index (χ2n) is 15.8. The average molecular weight is 795 g/mol. The minimum atomic E-state index is -1.87. The molecule has 0 spiro atoms. The van der Waals surface area contributed by atoms with Crippen molar-refractivity contribution in [2.24, 2.45) is 7.05 Å². The Labute approximate surface area is 326 Å². The van der Waals surface area contributed by atoms with Gasteiger partial charge in [-0.25, -0.2) is 13.8 Å². The highest BCUT2D eigenvalue weighted by Gasteiger charge is 2.39. The summed E-state index contributed by atoms with van der Waals surface area (Å²) < 4.78 is 38.2. The number of imidazole rings is 1. The van der Waals surface area contributed by atoms with E-state index in [-0.39, 0.29) is 56.1 Å². The Morgan fingerprint density at radius 3 is 2.31 bits per heavy atom. The third kappa shape index (κ3) is 8.25. The molecule has 2 saturated heterocycles. The van der Waals surface area contributed by atoms with Crippen LogP contribution in [0.25, 0.3) is 22.4 Å². The van der Waals surface area contributed by atoms with E-state index in [0.717, 1.165) is 25.9 Å². The van der Waals surface area contributed by atoms with E-state index in [0.29, 0.717) is 49.7 Å². The molecule has 0 saturated carbocycles. The molecule has 0 bridgehead atoms. The second-order valence-corrected chi connectivity index (χ2v) is 21.0. The standard InChI is InChI=1S/C39H49ClF2N8O4Si/c1-24-29(22-44-46-24)26-12-13-28(34(42)33(26)41)32-23-43-35(47(32)5)36(51)45-25-10-11-27(30(40)21-25)37(52)49-15-17-50(18-16-49)38(53)31-9-8-14-48(31)19-20-54-55(6,7)39(2,3)4/h10-13,21-23,31H,8-9,14-20H2,1-7H3,(H,44,46)(H,45,51). The fourth-order valence-electron chi connectivity index (χ4n) is 6.92. The molecule has 2 N–H and O–H groups in total. The number of benzene rings is 2. The maximum Gasteiger partial charge on any atom is 0.291 e. The van der Waals surface area contributed by atoms with Gasteiger partial charge in [0.1, 0.15) is 0 Å². The molecule has 16 heteroatoms. The van der Waals surface area contributed by atoms with Crippen LogP contribution in [-0.4, -0.2) is 112 Å². The fraction of sp³-hybridized carbons (Fsp3) is 0.462. The largest absolute Gasteiger partial charge is 0.416 e. The predicted molar refractivity (Wildman–Crippen MR) is 211 cm³/mol. The zero-order chi connectivity index (χ0) is 39.8. The molecule has 12 nitrogen and oxygen atoms in total. The number of carbonyl (C=O) groups is 3. The Morgan fingerprint density at radius 2 is 1.65 bits per heavy atom. The molecule has 6 rings (SSSR count). The topological polar surface area (TPSA) is 129 Å². The lowest BCUT2D eigenvalue weighted by atomic mass is 10.0. The summed E-state index contributed by atoms with van der Waals surface area (Å²) in [5, 5.41) is 9.59. The van der Waals surface area contributed by atoms with Crippen molar-refractivity contribution < 1.29 is 27.6 Å². The van der Waals surface area contributed by atoms with Crippen molar-refractivity contribution in [3.8, 4) is 22.4 Å². The summed E-state index contributed by atoms with van der Waals surface area (Å²) in [4.78, 5) is 50.3. The van der Waals surface area contributed by atoms with E-state index in [1.165, 1.54) is 42.2 Å². The summed E-state index contributed by atoms with van der Waals surface area (Å²) in [6.07, 6.45) is 4.51. The highest BCUT2D eigenvalue weighted by molar-refractivity contribution is 6.74. The molecule has 1 unspecified atom stereocenters. The third-order valence-electron chi connectivity index (χ3n) is 11.3. The number of amides is 3. The van der Waals surface area contributed by atoms with Crippen LogP contribution in [0.4, 0.5) is 14.5 Å². The van der Waals surface area contributed by atoms with E-state index < -0.39 is 25.9 Å². The van der Waals surface area contributed by atoms with Crippen LogP contribution in [0.15, 0.2) is 42.7 Å². The Morgan fingerprint density at radius 1 is 0.982 bits per heavy atom. The maximum atomic E-state index is 15.3. The molecule has 2 fully saturated rings. The van der Waals surface area contributed by atoms with Crippen molar-refractivity contribution in [1.82, 2.24) is 34.4 Å². The first-order valence-corrected chi connectivity index (χ1v) is 21.8. The van der Waals surface area contributed by atoms with E-state index in [1.807, 2.05) is 4.90 Å². The summed E-state index contributed by atoms with van der Waals surface area (Å²) in [6, 6.07) is 7.31. The molecular formula is C39H49ClF2N8O4Si. The van der Waals surface area contributed by atoms with E-state index >= 15 is 8.78 Å². The monoisotopic (exact) mass is 794 g/mol. The molecule has 2 aromatic heterocycles. The van der Waals surface area contributed by atoms with Gasteiger partial charge in [-0.05, 0) is 68.7 Å². The zero-order valence-electron chi connectivity index (χ0n) is 32.4. The van der Waals surface area contributed by atoms with Gasteiger partial charge < -0.3 is 24.1 Å². The minimum Gasteiger partial charge on any atom is -0.416 e. The molecule has 4 heterocycles. The van der Waals surface area contributed by atoms with Crippen LogP contribution in [0, 0.1) is 18.6 Å². The van der Waals surface area contributed by atoms with Crippen LogP contribution in [0.1, 0.15) is 60.3 Å². The zero-order valence-corrected chi connectivity index (χ0v) is 34.2. The number of piperazine rings is 1. The molecule has 294 valence electrons. The quantitative estimate of drug-likeness (QED) is 0.170. The molecule has 1 atom stereocenters. The number of anilines is 1. The first-order chi connectivity index (χ1) is 26.0. The molecule has 2 aliphatic heterocycles. The predicted octanol–water partition coefficient (Wildman–Crippen LogP) is 6.74. The third-order valence-corrected chi connectivity index (χ3v) is 16.2. The first-order valence-electron chi connectivity index (χ1n) is 18.6. The highest BCUT2D eigenvalue weighted by atomic mass is 35.5. The van der Waals surface area contributed by atoms with E-state index in [2.05, 4.69) is 59.3 Å². The van der Waals surface area contributed by atoms with Gasteiger partial charge in [-0.3, -0.25) is 24.4 Å². The van der Waals surface area contributed by atoms with Gasteiger partial charge in [-0.1, -0.05) is 38.4 Å². The number of nitrogens with one attached hydrogen (secondary N) is 2. The van der Waals surface area contributed by atoms with Gasteiger partial charge in [0.05, 0.1) is 34.7 Å². The Bertz CT molecular complexity index is 2090. The van der Waals surface area contributed by atoms with Crippen molar-refractivity contribution in [3.63, 3.8) is 0 Å². The normalized spacial score (nSPS) is 16.9. The molecule has 0 radical (unpaired) electrons. The number of aryl methyl sites for hydroxylation is 1. The lowest BCUT2D eigenvalue weighted by Gasteiger charge is -2.38. The highest BCUT2D eigenvalue weighted by Crippen LogP contribution is 2.37. The summed E-state index contributed by atoms with van der Waals surface area (Å²) in [5.41, 5.74) is 1.84. The van der Waals surface area contributed by atoms with Crippen molar-refractivity contribution >= 4 is 43.3 Å². The Kier molecular flexibility index (Phi) is 11.7. The number of aromatic amines is 1. The number of likely N-dealkylation sites (tertiary alicyclic amines) is 1. The van der Waals surface area contributed by atoms with Gasteiger partial charge in [-0.15, -0.1) is 0 Å². The lowest BCUT2D eigenvalue weighted by Crippen LogP contribution is -2.55. The van der Waals surface area contributed by atoms with Gasteiger partial charge in [0.2, 0.25) is 5.91 Å². The van der Waals surface area contributed by atoms with Crippen molar-refractivity contribution in [1.29, 1.82) is 0 Å². The van der Waals surface area contributed by atoms with E-state index in [9.17, 15) is 14.4 Å². The number of carbonyl (C=O) groups excluding carboxylic acids is 3. The van der Waals surface area contributed by atoms with Crippen LogP contribution in [-0.2, 0) is 16.3 Å². The number of rotatable bonds is 10. The fourth-order valence-corrected chi connectivity index (χ4v) is 8.22. The van der Waals surface area contributed by atoms with Gasteiger partial charge in [0.15, 0.2) is 25.8 Å². The van der Waals surface area contributed by atoms with Gasteiger partial charge in [0, 0.05) is 74.5 Å². The Hall–Kier alpha value is -4.44. The van der Waals surface area contributed by atoms with Crippen LogP contribution in [0.3, 0.4) is 0 Å². The van der Waals surface area contributed by atoms with Crippen molar-refractivity contribution in [3.05, 3.63) is 76.5 Å². The van der Waals surface area contributed by atoms with Crippen molar-refractivity contribution in [2.45, 2.75) is 64.7 Å². The second kappa shape index (κ2) is 16.0. The molecular weight excluding hydrogens is 746 g/mol. The average Bonchev–Trinajstić information content (AvgIpc) is 3.88. The lowest BCUT2D eigenvalue weighted by molar-refractivity contribution is -0.137. The molecule has 2 aliphatic rings. The maximum absolute atomic E-state index is 15.3. The summed E-state index contributed by atoms with van der Waals surface area (Å²) in [5.74, 6) is -2.94. The number of aromatic nitrogens is 4. The van der Waals surface area contributed by atoms with E-state index in [4.69, 9.17) is 16.0 Å². The first kappa shape index (κ1) is 40.2. The SMILES string of the molecule is Cc1[nH]ncc1-c1ccc(-c2cnc(C(=O)Nc3ccc(C(=O)N4CCN(C(=O)C5CCCN5CCO[Si](C)(C)C(C)(C)C)CC4)c(Cl)c3)n2C)c(F)c1F. The summed E-state index contributed by atoms with van der Waals surface area (Å²) in [7, 11) is -0.342. The number of hydrogen-bond acceptors (Lipinski definition) is 7. The summed E-state index contributed by atoms with van der Waals surface area (Å²) >= 11 is 6.58. The van der Waals surface area contributed by atoms with Crippen LogP contribution < -0.4 is 5.32 Å². The number of H-pyrrole nitrogens is 1. The molecule has 2 aromatic carbocycles. The van der Waals surface area contributed by atoms with Gasteiger partial charge >= 0.3 is 0 Å². The molecule has 4 aromatic rings. The Balaban J connectivity index is 1.04. The van der Waals surface area contributed by atoms with Gasteiger partial charge in [-0.2, -0.15) is 5.10 Å². The number of nitrogens with zero attached hydrogens (tertiary/aromatic N) is 6. The van der Waals surface area contributed by atoms with Gasteiger partial charge in [0.25, 0.3) is 11.8 Å². The minimum absolute atomic E-state index is 0.0477.